The van der Waals surface area contributed by atoms with E-state index in [1.807, 2.05) is 6.92 Å². The van der Waals surface area contributed by atoms with Gasteiger partial charge in [-0.2, -0.15) is 0 Å². The highest BCUT2D eigenvalue weighted by Crippen LogP contribution is 2.59. The summed E-state index contributed by atoms with van der Waals surface area (Å²) in [5.74, 6) is -0.230. The molecule has 4 heteroatoms. The summed E-state index contributed by atoms with van der Waals surface area (Å²) in [7, 11) is 3.14. The van der Waals surface area contributed by atoms with Gasteiger partial charge in [0.25, 0.3) is 0 Å². The number of epoxide rings is 1. The normalized spacial score (nSPS) is 42.1. The lowest BCUT2D eigenvalue weighted by atomic mass is 9.77. The molecule has 0 N–H and O–H groups in total. The molecule has 1 aliphatic carbocycles. The van der Waals surface area contributed by atoms with Crippen LogP contribution in [0, 0.1) is 0 Å². The van der Waals surface area contributed by atoms with Gasteiger partial charge in [0.2, 0.25) is 0 Å². The van der Waals surface area contributed by atoms with Crippen LogP contribution >= 0.6 is 0 Å². The molecule has 1 heterocycles. The second-order valence-electron chi connectivity index (χ2n) is 4.72. The minimum atomic E-state index is -0.695. The zero-order valence-electron chi connectivity index (χ0n) is 10.2. The molecular formula is C12H20O4. The smallest absolute Gasteiger partial charge is 0.341 e. The Hall–Kier alpha value is -0.610. The summed E-state index contributed by atoms with van der Waals surface area (Å²) in [6.07, 6.45) is 4.75. The van der Waals surface area contributed by atoms with Gasteiger partial charge in [-0.25, -0.2) is 4.79 Å². The highest BCUT2D eigenvalue weighted by Gasteiger charge is 2.74. The van der Waals surface area contributed by atoms with Gasteiger partial charge in [0.05, 0.1) is 13.2 Å². The van der Waals surface area contributed by atoms with Crippen molar-refractivity contribution >= 4 is 5.97 Å². The number of rotatable bonds is 3. The molecule has 16 heavy (non-hydrogen) atoms. The summed E-state index contributed by atoms with van der Waals surface area (Å²) in [5.41, 5.74) is -1.01. The first-order valence-electron chi connectivity index (χ1n) is 5.95. The van der Waals surface area contributed by atoms with E-state index in [1.165, 1.54) is 7.11 Å². The van der Waals surface area contributed by atoms with Gasteiger partial charge in [-0.15, -0.1) is 0 Å². The van der Waals surface area contributed by atoms with Crippen molar-refractivity contribution in [1.82, 2.24) is 0 Å². The fourth-order valence-corrected chi connectivity index (χ4v) is 3.09. The van der Waals surface area contributed by atoms with E-state index in [1.54, 1.807) is 7.11 Å². The average molecular weight is 228 g/mol. The maximum Gasteiger partial charge on any atom is 0.341 e. The predicted octanol–water partition coefficient (Wildman–Crippen LogP) is 1.67. The summed E-state index contributed by atoms with van der Waals surface area (Å²) >= 11 is 0. The molecule has 0 bridgehead atoms. The second kappa shape index (κ2) is 4.00. The molecule has 2 aliphatic rings. The van der Waals surface area contributed by atoms with Crippen LogP contribution in [0.25, 0.3) is 0 Å². The van der Waals surface area contributed by atoms with Gasteiger partial charge in [0, 0.05) is 13.5 Å². The lowest BCUT2D eigenvalue weighted by Gasteiger charge is -2.27. The third-order valence-corrected chi connectivity index (χ3v) is 4.07. The standard InChI is InChI=1S/C12H20O4/c1-4-12(10(13)15-3)11(16-12)7-5-6-9(8-11)14-2/h9H,4-8H2,1-3H3. The summed E-state index contributed by atoms with van der Waals surface area (Å²) < 4.78 is 16.1. The van der Waals surface area contributed by atoms with Crippen molar-refractivity contribution in [2.24, 2.45) is 0 Å². The van der Waals surface area contributed by atoms with Gasteiger partial charge in [0.1, 0.15) is 5.60 Å². The summed E-state index contributed by atoms with van der Waals surface area (Å²) in [6, 6.07) is 0. The molecule has 0 aromatic rings. The minimum Gasteiger partial charge on any atom is -0.467 e. The minimum absolute atomic E-state index is 0.215. The van der Waals surface area contributed by atoms with Crippen LogP contribution in [0.4, 0.5) is 0 Å². The average Bonchev–Trinajstić information content (AvgIpc) is 2.96. The van der Waals surface area contributed by atoms with Crippen molar-refractivity contribution in [2.75, 3.05) is 14.2 Å². The van der Waals surface area contributed by atoms with Crippen LogP contribution in [0.15, 0.2) is 0 Å². The van der Waals surface area contributed by atoms with E-state index in [0.717, 1.165) is 25.7 Å². The van der Waals surface area contributed by atoms with Crippen molar-refractivity contribution in [1.29, 1.82) is 0 Å². The van der Waals surface area contributed by atoms with Gasteiger partial charge >= 0.3 is 5.97 Å². The molecule has 3 unspecified atom stereocenters. The maximum absolute atomic E-state index is 11.8. The Balaban J connectivity index is 2.13. The van der Waals surface area contributed by atoms with Crippen LogP contribution in [-0.4, -0.2) is 37.5 Å². The zero-order valence-corrected chi connectivity index (χ0v) is 10.2. The first-order chi connectivity index (χ1) is 7.64. The highest BCUT2D eigenvalue weighted by molar-refractivity contribution is 5.84. The van der Waals surface area contributed by atoms with Crippen LogP contribution in [0.1, 0.15) is 39.0 Å². The van der Waals surface area contributed by atoms with E-state index < -0.39 is 5.60 Å². The molecule has 1 spiro atoms. The molecule has 3 atom stereocenters. The molecule has 0 radical (unpaired) electrons. The number of hydrogen-bond donors (Lipinski definition) is 0. The van der Waals surface area contributed by atoms with Gasteiger partial charge in [-0.3, -0.25) is 0 Å². The Kier molecular flexibility index (Phi) is 2.97. The van der Waals surface area contributed by atoms with E-state index in [0.29, 0.717) is 6.42 Å². The van der Waals surface area contributed by atoms with Crippen molar-refractivity contribution in [3.05, 3.63) is 0 Å². The van der Waals surface area contributed by atoms with Gasteiger partial charge < -0.3 is 14.2 Å². The first kappa shape index (κ1) is 11.9. The van der Waals surface area contributed by atoms with E-state index >= 15 is 0 Å². The Morgan fingerprint density at radius 1 is 1.50 bits per heavy atom. The largest absolute Gasteiger partial charge is 0.467 e. The number of carbonyl (C=O) groups excluding carboxylic acids is 1. The molecule has 4 nitrogen and oxygen atoms in total. The monoisotopic (exact) mass is 228 g/mol. The third-order valence-electron chi connectivity index (χ3n) is 4.07. The number of ether oxygens (including phenoxy) is 3. The molecule has 0 amide bonds. The Labute approximate surface area is 96.2 Å². The lowest BCUT2D eigenvalue weighted by molar-refractivity contribution is -0.147. The third kappa shape index (κ3) is 1.47. The van der Waals surface area contributed by atoms with E-state index in [4.69, 9.17) is 14.2 Å². The lowest BCUT2D eigenvalue weighted by Crippen LogP contribution is -2.39. The molecule has 1 saturated carbocycles. The van der Waals surface area contributed by atoms with Crippen molar-refractivity contribution in [3.63, 3.8) is 0 Å². The van der Waals surface area contributed by atoms with E-state index in [9.17, 15) is 4.79 Å². The van der Waals surface area contributed by atoms with Crippen LogP contribution in [-0.2, 0) is 19.0 Å². The Morgan fingerprint density at radius 3 is 2.81 bits per heavy atom. The molecule has 0 aromatic heterocycles. The maximum atomic E-state index is 11.8. The van der Waals surface area contributed by atoms with Crippen molar-refractivity contribution in [3.8, 4) is 0 Å². The summed E-state index contributed by atoms with van der Waals surface area (Å²) in [6.45, 7) is 1.97. The number of hydrogen-bond acceptors (Lipinski definition) is 4. The van der Waals surface area contributed by atoms with Crippen LogP contribution in [0.5, 0.6) is 0 Å². The molecule has 0 aromatic carbocycles. The molecule has 92 valence electrons. The Bertz CT molecular complexity index is 291. The molecule has 2 fully saturated rings. The number of esters is 1. The Morgan fingerprint density at radius 2 is 2.25 bits per heavy atom. The predicted molar refractivity (Wildman–Crippen MR) is 58.1 cm³/mol. The fraction of sp³-hybridized carbons (Fsp3) is 0.917. The van der Waals surface area contributed by atoms with Crippen LogP contribution in [0.2, 0.25) is 0 Å². The molecule has 1 saturated heterocycles. The topological polar surface area (TPSA) is 48.1 Å². The van der Waals surface area contributed by atoms with Gasteiger partial charge in [-0.05, 0) is 25.7 Å². The zero-order chi connectivity index (χ0) is 11.8. The first-order valence-corrected chi connectivity index (χ1v) is 5.95. The van der Waals surface area contributed by atoms with Crippen molar-refractivity contribution in [2.45, 2.75) is 56.3 Å². The number of carbonyl (C=O) groups is 1. The summed E-state index contributed by atoms with van der Waals surface area (Å²) in [4.78, 5) is 11.8. The second-order valence-corrected chi connectivity index (χ2v) is 4.72. The molecular weight excluding hydrogens is 208 g/mol. The highest BCUT2D eigenvalue weighted by atomic mass is 16.7. The van der Waals surface area contributed by atoms with Crippen LogP contribution in [0.3, 0.4) is 0 Å². The summed E-state index contributed by atoms with van der Waals surface area (Å²) in [5, 5.41) is 0. The number of methoxy groups -OCH3 is 2. The van der Waals surface area contributed by atoms with Crippen LogP contribution < -0.4 is 0 Å². The quantitative estimate of drug-likeness (QED) is 0.544. The SMILES string of the molecule is CCC1(C(=O)OC)OC12CCCC(OC)C2. The molecule has 1 aliphatic heterocycles. The van der Waals surface area contributed by atoms with E-state index in [-0.39, 0.29) is 17.7 Å². The van der Waals surface area contributed by atoms with Crippen molar-refractivity contribution < 1.29 is 19.0 Å². The van der Waals surface area contributed by atoms with E-state index in [2.05, 4.69) is 0 Å². The fourth-order valence-electron chi connectivity index (χ4n) is 3.09. The van der Waals surface area contributed by atoms with Gasteiger partial charge in [-0.1, -0.05) is 6.92 Å². The molecule has 2 rings (SSSR count). The van der Waals surface area contributed by atoms with Gasteiger partial charge in [0.15, 0.2) is 5.60 Å².